The van der Waals surface area contributed by atoms with E-state index in [1.54, 1.807) is 13.2 Å². The van der Waals surface area contributed by atoms with Crippen LogP contribution in [0, 0.1) is 5.92 Å². The number of carbonyl (C=O) groups excluding carboxylic acids is 1. The Labute approximate surface area is 122 Å². The minimum absolute atomic E-state index is 0.113. The van der Waals surface area contributed by atoms with Crippen LogP contribution in [0.5, 0.6) is 0 Å². The zero-order valence-electron chi connectivity index (χ0n) is 12.1. The molecule has 2 aromatic rings. The molecule has 0 atom stereocenters. The van der Waals surface area contributed by atoms with Gasteiger partial charge in [-0.05, 0) is 18.8 Å². The van der Waals surface area contributed by atoms with Crippen molar-refractivity contribution < 1.29 is 9.21 Å². The standard InChI is InChI=1S/C15H18N4O2/c1-10(20)18-5-4-14-12(7-18)15(13-8-21-9-16-13)17-19(14)6-11-2-3-11/h8-9,11H,2-7H2,1H3. The molecular formula is C15H18N4O2. The third kappa shape index (κ3) is 2.24. The highest BCUT2D eigenvalue weighted by Gasteiger charge is 2.30. The van der Waals surface area contributed by atoms with Crippen molar-refractivity contribution in [3.8, 4) is 11.4 Å². The lowest BCUT2D eigenvalue weighted by Gasteiger charge is -2.26. The fourth-order valence-electron chi connectivity index (χ4n) is 2.99. The fourth-order valence-corrected chi connectivity index (χ4v) is 2.99. The van der Waals surface area contributed by atoms with E-state index in [0.29, 0.717) is 6.54 Å². The van der Waals surface area contributed by atoms with Crippen LogP contribution >= 0.6 is 0 Å². The third-order valence-corrected chi connectivity index (χ3v) is 4.38. The van der Waals surface area contributed by atoms with Gasteiger partial charge >= 0.3 is 0 Å². The number of fused-ring (bicyclic) bond motifs is 1. The van der Waals surface area contributed by atoms with Gasteiger partial charge in [-0.1, -0.05) is 0 Å². The largest absolute Gasteiger partial charge is 0.451 e. The Balaban J connectivity index is 1.75. The second kappa shape index (κ2) is 4.72. The molecule has 1 fully saturated rings. The van der Waals surface area contributed by atoms with Gasteiger partial charge in [0.05, 0.1) is 0 Å². The zero-order chi connectivity index (χ0) is 14.4. The molecule has 0 unspecified atom stereocenters. The Morgan fingerprint density at radius 3 is 3.00 bits per heavy atom. The maximum atomic E-state index is 11.7. The summed E-state index contributed by atoms with van der Waals surface area (Å²) in [5.74, 6) is 0.881. The van der Waals surface area contributed by atoms with E-state index >= 15 is 0 Å². The average molecular weight is 286 g/mol. The van der Waals surface area contributed by atoms with Crippen LogP contribution in [0.25, 0.3) is 11.4 Å². The Morgan fingerprint density at radius 1 is 1.48 bits per heavy atom. The Morgan fingerprint density at radius 2 is 2.33 bits per heavy atom. The minimum atomic E-state index is 0.113. The van der Waals surface area contributed by atoms with Crippen LogP contribution in [0.1, 0.15) is 31.0 Å². The van der Waals surface area contributed by atoms with E-state index in [4.69, 9.17) is 9.52 Å². The minimum Gasteiger partial charge on any atom is -0.451 e. The molecule has 6 nitrogen and oxygen atoms in total. The van der Waals surface area contributed by atoms with Crippen molar-refractivity contribution in [3.63, 3.8) is 0 Å². The lowest BCUT2D eigenvalue weighted by Crippen LogP contribution is -2.34. The number of nitrogens with zero attached hydrogens (tertiary/aromatic N) is 4. The van der Waals surface area contributed by atoms with Gasteiger partial charge in [-0.25, -0.2) is 4.98 Å². The van der Waals surface area contributed by atoms with Gasteiger partial charge in [0.25, 0.3) is 0 Å². The molecule has 1 aliphatic heterocycles. The monoisotopic (exact) mass is 286 g/mol. The summed E-state index contributed by atoms with van der Waals surface area (Å²) in [7, 11) is 0. The molecule has 2 aliphatic rings. The maximum absolute atomic E-state index is 11.7. The summed E-state index contributed by atoms with van der Waals surface area (Å²) >= 11 is 0. The van der Waals surface area contributed by atoms with E-state index in [1.807, 2.05) is 4.90 Å². The van der Waals surface area contributed by atoms with E-state index in [2.05, 4.69) is 9.67 Å². The Hall–Kier alpha value is -2.11. The lowest BCUT2D eigenvalue weighted by atomic mass is 10.0. The highest BCUT2D eigenvalue weighted by atomic mass is 16.3. The van der Waals surface area contributed by atoms with E-state index in [-0.39, 0.29) is 5.91 Å². The molecule has 0 radical (unpaired) electrons. The van der Waals surface area contributed by atoms with Gasteiger partial charge in [0.2, 0.25) is 5.91 Å². The number of carbonyl (C=O) groups is 1. The zero-order valence-corrected chi connectivity index (χ0v) is 12.1. The molecule has 110 valence electrons. The van der Waals surface area contributed by atoms with Crippen LogP contribution in [0.4, 0.5) is 0 Å². The predicted molar refractivity (Wildman–Crippen MR) is 75.2 cm³/mol. The molecule has 0 bridgehead atoms. The summed E-state index contributed by atoms with van der Waals surface area (Å²) in [6, 6.07) is 0. The molecule has 6 heteroatoms. The number of aromatic nitrogens is 3. The molecule has 0 spiro atoms. The first kappa shape index (κ1) is 12.6. The molecule has 1 saturated carbocycles. The topological polar surface area (TPSA) is 64.2 Å². The van der Waals surface area contributed by atoms with Crippen LogP contribution in [-0.4, -0.2) is 32.1 Å². The lowest BCUT2D eigenvalue weighted by molar-refractivity contribution is -0.129. The molecule has 21 heavy (non-hydrogen) atoms. The van der Waals surface area contributed by atoms with Crippen LogP contribution in [-0.2, 0) is 24.3 Å². The summed E-state index contributed by atoms with van der Waals surface area (Å²) in [6.07, 6.45) is 6.51. The number of hydrogen-bond donors (Lipinski definition) is 0. The van der Waals surface area contributed by atoms with Crippen LogP contribution in [0.3, 0.4) is 0 Å². The van der Waals surface area contributed by atoms with Gasteiger partial charge in [0.15, 0.2) is 6.39 Å². The summed E-state index contributed by atoms with van der Waals surface area (Å²) in [5, 5.41) is 4.76. The van der Waals surface area contributed by atoms with Crippen molar-refractivity contribution >= 4 is 5.91 Å². The molecule has 0 aromatic carbocycles. The van der Waals surface area contributed by atoms with E-state index < -0.39 is 0 Å². The maximum Gasteiger partial charge on any atom is 0.219 e. The van der Waals surface area contributed by atoms with Crippen LogP contribution in [0.2, 0.25) is 0 Å². The normalized spacial score (nSPS) is 17.9. The van der Waals surface area contributed by atoms with Crippen LogP contribution in [0.15, 0.2) is 17.1 Å². The van der Waals surface area contributed by atoms with E-state index in [9.17, 15) is 4.79 Å². The number of oxazole rings is 1. The molecular weight excluding hydrogens is 268 g/mol. The first-order chi connectivity index (χ1) is 10.2. The molecule has 0 saturated heterocycles. The summed E-state index contributed by atoms with van der Waals surface area (Å²) in [6.45, 7) is 4.00. The highest BCUT2D eigenvalue weighted by molar-refractivity contribution is 5.74. The van der Waals surface area contributed by atoms with Gasteiger partial charge in [-0.3, -0.25) is 9.48 Å². The molecule has 3 heterocycles. The molecule has 0 N–H and O–H groups in total. The third-order valence-electron chi connectivity index (χ3n) is 4.38. The van der Waals surface area contributed by atoms with Crippen molar-refractivity contribution in [2.45, 2.75) is 39.3 Å². The summed E-state index contributed by atoms with van der Waals surface area (Å²) < 4.78 is 7.23. The van der Waals surface area contributed by atoms with Gasteiger partial charge in [0, 0.05) is 44.2 Å². The molecule has 4 rings (SSSR count). The van der Waals surface area contributed by atoms with Crippen molar-refractivity contribution in [2.75, 3.05) is 6.54 Å². The average Bonchev–Trinajstić information content (AvgIpc) is 3.00. The predicted octanol–water partition coefficient (Wildman–Crippen LogP) is 1.85. The molecule has 2 aromatic heterocycles. The van der Waals surface area contributed by atoms with E-state index in [1.165, 1.54) is 24.9 Å². The number of rotatable bonds is 3. The summed E-state index contributed by atoms with van der Waals surface area (Å²) in [4.78, 5) is 17.8. The highest BCUT2D eigenvalue weighted by Crippen LogP contribution is 2.34. The van der Waals surface area contributed by atoms with Gasteiger partial charge in [-0.2, -0.15) is 5.10 Å². The smallest absolute Gasteiger partial charge is 0.219 e. The SMILES string of the molecule is CC(=O)N1CCc2c(c(-c3cocn3)nn2CC2CC2)C1. The van der Waals surface area contributed by atoms with E-state index in [0.717, 1.165) is 42.4 Å². The van der Waals surface area contributed by atoms with Crippen LogP contribution < -0.4 is 0 Å². The number of hydrogen-bond acceptors (Lipinski definition) is 4. The van der Waals surface area contributed by atoms with Crippen molar-refractivity contribution in [2.24, 2.45) is 5.92 Å². The van der Waals surface area contributed by atoms with Crippen molar-refractivity contribution in [1.82, 2.24) is 19.7 Å². The second-order valence-corrected chi connectivity index (χ2v) is 5.96. The van der Waals surface area contributed by atoms with Gasteiger partial charge in [-0.15, -0.1) is 0 Å². The van der Waals surface area contributed by atoms with Gasteiger partial charge in [0.1, 0.15) is 17.7 Å². The fraction of sp³-hybridized carbons (Fsp3) is 0.533. The summed E-state index contributed by atoms with van der Waals surface area (Å²) in [5.41, 5.74) is 4.01. The van der Waals surface area contributed by atoms with Crippen molar-refractivity contribution in [1.29, 1.82) is 0 Å². The van der Waals surface area contributed by atoms with Gasteiger partial charge < -0.3 is 9.32 Å². The Kier molecular flexibility index (Phi) is 2.83. The quantitative estimate of drug-likeness (QED) is 0.864. The number of amides is 1. The first-order valence-electron chi connectivity index (χ1n) is 7.45. The molecule has 1 aliphatic carbocycles. The van der Waals surface area contributed by atoms with Crippen molar-refractivity contribution in [3.05, 3.63) is 23.9 Å². The molecule has 1 amide bonds. The first-order valence-corrected chi connectivity index (χ1v) is 7.45. The second-order valence-electron chi connectivity index (χ2n) is 5.96. The Bertz CT molecular complexity index is 670.